The van der Waals surface area contributed by atoms with Gasteiger partial charge in [-0.2, -0.15) is 0 Å². The predicted molar refractivity (Wildman–Crippen MR) is 119 cm³/mol. The molecule has 1 amide bonds. The Hall–Kier alpha value is -3.31. The molecule has 0 aliphatic carbocycles. The van der Waals surface area contributed by atoms with Crippen molar-refractivity contribution in [3.63, 3.8) is 0 Å². The maximum absolute atomic E-state index is 12.5. The Morgan fingerprint density at radius 3 is 2.67 bits per heavy atom. The summed E-state index contributed by atoms with van der Waals surface area (Å²) in [6, 6.07) is 23.0. The largest absolute Gasteiger partial charge is 0.497 e. The first-order chi connectivity index (χ1) is 14.6. The van der Waals surface area contributed by atoms with Crippen LogP contribution in [0.1, 0.15) is 21.7 Å². The van der Waals surface area contributed by atoms with E-state index in [1.165, 1.54) is 0 Å². The molecule has 5 nitrogen and oxygen atoms in total. The number of carbonyl (C=O) groups is 1. The maximum Gasteiger partial charge on any atom is 0.251 e. The Morgan fingerprint density at radius 1 is 1.07 bits per heavy atom. The number of halogens is 1. The van der Waals surface area contributed by atoms with Gasteiger partial charge in [-0.3, -0.25) is 4.79 Å². The van der Waals surface area contributed by atoms with Gasteiger partial charge in [0.1, 0.15) is 11.6 Å². The van der Waals surface area contributed by atoms with E-state index in [1.54, 1.807) is 25.3 Å². The van der Waals surface area contributed by atoms with Gasteiger partial charge in [-0.25, -0.2) is 4.98 Å². The van der Waals surface area contributed by atoms with Crippen LogP contribution in [0.3, 0.4) is 0 Å². The minimum atomic E-state index is -0.130. The van der Waals surface area contributed by atoms with Gasteiger partial charge in [0.05, 0.1) is 18.1 Å². The third kappa shape index (κ3) is 4.47. The molecule has 1 N–H and O–H groups in total. The van der Waals surface area contributed by atoms with E-state index in [9.17, 15) is 4.79 Å². The van der Waals surface area contributed by atoms with E-state index in [4.69, 9.17) is 21.3 Å². The molecule has 1 aromatic heterocycles. The van der Waals surface area contributed by atoms with Crippen molar-refractivity contribution in [2.24, 2.45) is 0 Å². The van der Waals surface area contributed by atoms with E-state index >= 15 is 0 Å². The molecule has 3 aromatic carbocycles. The Bertz CT molecular complexity index is 1170. The van der Waals surface area contributed by atoms with Crippen LogP contribution in [-0.4, -0.2) is 29.1 Å². The summed E-state index contributed by atoms with van der Waals surface area (Å²) in [6.07, 6.45) is 0.623. The van der Waals surface area contributed by atoms with E-state index in [0.29, 0.717) is 30.8 Å². The number of amides is 1. The highest BCUT2D eigenvalue weighted by Crippen LogP contribution is 2.19. The van der Waals surface area contributed by atoms with Gasteiger partial charge >= 0.3 is 0 Å². The second-order valence-electron chi connectivity index (χ2n) is 6.97. The second-order valence-corrected chi connectivity index (χ2v) is 7.40. The van der Waals surface area contributed by atoms with Crippen LogP contribution >= 0.6 is 11.6 Å². The lowest BCUT2D eigenvalue weighted by Crippen LogP contribution is -2.26. The van der Waals surface area contributed by atoms with Gasteiger partial charge in [0.25, 0.3) is 5.91 Å². The highest BCUT2D eigenvalue weighted by Gasteiger charge is 2.12. The third-order valence-electron chi connectivity index (χ3n) is 4.95. The predicted octanol–water partition coefficient (Wildman–Crippen LogP) is 4.72. The van der Waals surface area contributed by atoms with Crippen molar-refractivity contribution in [1.82, 2.24) is 14.9 Å². The molecule has 4 aromatic rings. The fourth-order valence-electron chi connectivity index (χ4n) is 3.42. The standard InChI is InChI=1S/C24H22ClN3O2/c1-30-20-6-4-5-18(15-20)24(29)26-14-13-23-27-21-7-2-3-8-22(21)28(23)16-17-9-11-19(25)12-10-17/h2-12,15H,13-14,16H2,1H3,(H,26,29). The summed E-state index contributed by atoms with van der Waals surface area (Å²) in [7, 11) is 1.59. The third-order valence-corrected chi connectivity index (χ3v) is 5.21. The first-order valence-electron chi connectivity index (χ1n) is 9.75. The monoisotopic (exact) mass is 419 g/mol. The Kier molecular flexibility index (Phi) is 6.00. The molecular formula is C24H22ClN3O2. The number of para-hydroxylation sites is 2. The number of fused-ring (bicyclic) bond motifs is 1. The van der Waals surface area contributed by atoms with Gasteiger partial charge < -0.3 is 14.6 Å². The average molecular weight is 420 g/mol. The number of ether oxygens (including phenoxy) is 1. The van der Waals surface area contributed by atoms with E-state index in [-0.39, 0.29) is 5.91 Å². The first kappa shape index (κ1) is 20.0. The van der Waals surface area contributed by atoms with Crippen LogP contribution in [0, 0.1) is 0 Å². The lowest BCUT2D eigenvalue weighted by molar-refractivity contribution is 0.0953. The second kappa shape index (κ2) is 9.01. The van der Waals surface area contributed by atoms with Crippen molar-refractivity contribution in [3.05, 3.63) is 94.8 Å². The summed E-state index contributed by atoms with van der Waals surface area (Å²) in [5.74, 6) is 1.46. The molecule has 0 saturated carbocycles. The highest BCUT2D eigenvalue weighted by atomic mass is 35.5. The van der Waals surface area contributed by atoms with Crippen LogP contribution in [0.15, 0.2) is 72.8 Å². The van der Waals surface area contributed by atoms with Gasteiger partial charge in [-0.1, -0.05) is 41.9 Å². The Labute approximate surface area is 180 Å². The quantitative estimate of drug-likeness (QED) is 0.471. The summed E-state index contributed by atoms with van der Waals surface area (Å²) < 4.78 is 7.38. The van der Waals surface area contributed by atoms with Crippen molar-refractivity contribution in [2.75, 3.05) is 13.7 Å². The van der Waals surface area contributed by atoms with Crippen LogP contribution in [0.2, 0.25) is 5.02 Å². The van der Waals surface area contributed by atoms with Crippen LogP contribution in [-0.2, 0) is 13.0 Å². The maximum atomic E-state index is 12.5. The van der Waals surface area contributed by atoms with Crippen LogP contribution in [0.25, 0.3) is 11.0 Å². The van der Waals surface area contributed by atoms with Gasteiger partial charge in [-0.05, 0) is 48.0 Å². The van der Waals surface area contributed by atoms with Crippen molar-refractivity contribution >= 4 is 28.5 Å². The summed E-state index contributed by atoms with van der Waals surface area (Å²) in [5.41, 5.74) is 3.73. The van der Waals surface area contributed by atoms with Gasteiger partial charge in [-0.15, -0.1) is 0 Å². The molecule has 0 bridgehead atoms. The number of methoxy groups -OCH3 is 1. The fourth-order valence-corrected chi connectivity index (χ4v) is 3.55. The van der Waals surface area contributed by atoms with Crippen LogP contribution in [0.4, 0.5) is 0 Å². The molecule has 0 atom stereocenters. The number of hydrogen-bond acceptors (Lipinski definition) is 3. The molecule has 0 spiro atoms. The summed E-state index contributed by atoms with van der Waals surface area (Å²) in [5, 5.41) is 3.69. The van der Waals surface area contributed by atoms with Crippen molar-refractivity contribution < 1.29 is 9.53 Å². The van der Waals surface area contributed by atoms with Crippen molar-refractivity contribution in [3.8, 4) is 5.75 Å². The zero-order chi connectivity index (χ0) is 20.9. The van der Waals surface area contributed by atoms with Gasteiger partial charge in [0.2, 0.25) is 0 Å². The zero-order valence-electron chi connectivity index (χ0n) is 16.6. The zero-order valence-corrected chi connectivity index (χ0v) is 17.4. The first-order valence-corrected chi connectivity index (χ1v) is 10.1. The molecule has 0 fully saturated rings. The fraction of sp³-hybridized carbons (Fsp3) is 0.167. The summed E-state index contributed by atoms with van der Waals surface area (Å²) in [4.78, 5) is 17.3. The van der Waals surface area contributed by atoms with Crippen LogP contribution < -0.4 is 10.1 Å². The number of hydrogen-bond donors (Lipinski definition) is 1. The molecule has 30 heavy (non-hydrogen) atoms. The molecule has 0 saturated heterocycles. The number of aromatic nitrogens is 2. The molecule has 4 rings (SSSR count). The molecule has 0 aliphatic heterocycles. The van der Waals surface area contributed by atoms with E-state index in [2.05, 4.69) is 16.0 Å². The van der Waals surface area contributed by atoms with Gasteiger partial charge in [0, 0.05) is 30.1 Å². The van der Waals surface area contributed by atoms with E-state index < -0.39 is 0 Å². The minimum Gasteiger partial charge on any atom is -0.497 e. The van der Waals surface area contributed by atoms with Crippen molar-refractivity contribution in [2.45, 2.75) is 13.0 Å². The number of nitrogens with zero attached hydrogens (tertiary/aromatic N) is 2. The molecule has 0 unspecified atom stereocenters. The Balaban J connectivity index is 1.50. The number of carbonyl (C=O) groups excluding carboxylic acids is 1. The number of nitrogens with one attached hydrogen (secondary N) is 1. The SMILES string of the molecule is COc1cccc(C(=O)NCCc2nc3ccccc3n2Cc2ccc(Cl)cc2)c1. The van der Waals surface area contributed by atoms with Crippen molar-refractivity contribution in [1.29, 1.82) is 0 Å². The molecule has 6 heteroatoms. The molecular weight excluding hydrogens is 398 g/mol. The number of imidazole rings is 1. The van der Waals surface area contributed by atoms with Crippen LogP contribution in [0.5, 0.6) is 5.75 Å². The normalized spacial score (nSPS) is 10.9. The molecule has 152 valence electrons. The molecule has 1 heterocycles. The highest BCUT2D eigenvalue weighted by molar-refractivity contribution is 6.30. The van der Waals surface area contributed by atoms with E-state index in [0.717, 1.165) is 27.4 Å². The Morgan fingerprint density at radius 2 is 1.87 bits per heavy atom. The summed E-state index contributed by atoms with van der Waals surface area (Å²) >= 11 is 6.02. The minimum absolute atomic E-state index is 0.130. The smallest absolute Gasteiger partial charge is 0.251 e. The number of rotatable bonds is 7. The summed E-state index contributed by atoms with van der Waals surface area (Å²) in [6.45, 7) is 1.18. The molecule has 0 aliphatic rings. The topological polar surface area (TPSA) is 56.1 Å². The van der Waals surface area contributed by atoms with Gasteiger partial charge in [0.15, 0.2) is 0 Å². The molecule has 0 radical (unpaired) electrons. The number of benzene rings is 3. The average Bonchev–Trinajstić information content (AvgIpc) is 3.12. The van der Waals surface area contributed by atoms with E-state index in [1.807, 2.05) is 48.5 Å². The lowest BCUT2D eigenvalue weighted by Gasteiger charge is -2.11. The lowest BCUT2D eigenvalue weighted by atomic mass is 10.2.